The second-order valence-electron chi connectivity index (χ2n) is 17.0. The molecule has 0 aliphatic carbocycles. The molecule has 6 heterocycles. The zero-order valence-corrected chi connectivity index (χ0v) is 33.7. The molecule has 1 N–H and O–H groups in total. The highest BCUT2D eigenvalue weighted by atomic mass is 35.5. The molecule has 0 radical (unpaired) electrons. The lowest BCUT2D eigenvalue weighted by Crippen LogP contribution is -2.54. The normalized spacial score (nSPS) is 24.6. The molecule has 0 bridgehead atoms. The molecule has 3 atom stereocenters. The third-order valence-corrected chi connectivity index (χ3v) is 13.9. The maximum atomic E-state index is 15.5. The minimum Gasteiger partial charge on any atom is -0.371 e. The molecule has 306 valence electrons. The highest BCUT2D eigenvalue weighted by Crippen LogP contribution is 2.46. The molecule has 0 aromatic heterocycles. The highest BCUT2D eigenvalue weighted by Gasteiger charge is 2.46. The average Bonchev–Trinajstić information content (AvgIpc) is 3.92. The van der Waals surface area contributed by atoms with Crippen molar-refractivity contribution in [2.45, 2.75) is 63.6 Å². The van der Waals surface area contributed by atoms with Crippen LogP contribution >= 0.6 is 11.6 Å². The maximum absolute atomic E-state index is 15.5. The monoisotopic (exact) mass is 820 g/mol. The fourth-order valence-corrected chi connectivity index (χ4v) is 10.5. The van der Waals surface area contributed by atoms with Crippen LogP contribution in [0.3, 0.4) is 0 Å². The molecule has 13 nitrogen and oxygen atoms in total. The van der Waals surface area contributed by atoms with Crippen LogP contribution in [0.15, 0.2) is 54.6 Å². The molecule has 5 fully saturated rings. The first-order valence-electron chi connectivity index (χ1n) is 20.6. The van der Waals surface area contributed by atoms with Crippen molar-refractivity contribution >= 4 is 58.2 Å². The van der Waals surface area contributed by atoms with E-state index in [1.807, 2.05) is 34.1 Å². The number of nitrogens with zero attached hydrogens (tertiary/aromatic N) is 7. The summed E-state index contributed by atoms with van der Waals surface area (Å²) in [7, 11) is 0. The molecule has 15 heteroatoms. The number of halogens is 2. The van der Waals surface area contributed by atoms with Gasteiger partial charge in [0.25, 0.3) is 17.7 Å². The second kappa shape index (κ2) is 15.3. The number of hydrogen-bond acceptors (Lipinski definition) is 10. The highest BCUT2D eigenvalue weighted by molar-refractivity contribution is 6.32. The van der Waals surface area contributed by atoms with Crippen LogP contribution in [0.25, 0.3) is 0 Å². The average molecular weight is 821 g/mol. The number of likely N-dealkylation sites (tertiary alicyclic amines) is 1. The van der Waals surface area contributed by atoms with Gasteiger partial charge in [0.1, 0.15) is 17.9 Å². The Bertz CT molecular complexity index is 2280. The van der Waals surface area contributed by atoms with Gasteiger partial charge in [-0.3, -0.25) is 39.1 Å². The van der Waals surface area contributed by atoms with Gasteiger partial charge in [0.15, 0.2) is 0 Å². The van der Waals surface area contributed by atoms with E-state index in [0.717, 1.165) is 67.7 Å². The molecular weight excluding hydrogens is 775 g/mol. The smallest absolute Gasteiger partial charge is 0.262 e. The standard InChI is InChI=1S/C44H46ClFN8O5/c1-27-23-44(26-53(27)31-7-4-29(24-47)35(45)20-31)11-14-49(15-12-44)30-5-2-28(3-6-30)41(57)52-13-10-32(25-52)50-16-18-51(19-17-50)38-22-34-33(21-36(38)46)42(58)54(43(34)59)37-8-9-39(55)48-40(37)56/h2-7,20-22,27,32,37H,8-19,23,25-26H2,1H3,(H,48,55,56)/t27-,32?,37?/m0/s1. The number of nitriles is 1. The largest absolute Gasteiger partial charge is 0.371 e. The van der Waals surface area contributed by atoms with Gasteiger partial charge in [-0.25, -0.2) is 4.39 Å². The summed E-state index contributed by atoms with van der Waals surface area (Å²) in [6.07, 6.45) is 4.16. The topological polar surface area (TPSA) is 141 Å². The van der Waals surface area contributed by atoms with Crippen LogP contribution in [-0.2, 0) is 9.59 Å². The molecule has 5 saturated heterocycles. The first-order valence-corrected chi connectivity index (χ1v) is 20.9. The second-order valence-corrected chi connectivity index (χ2v) is 17.4. The summed E-state index contributed by atoms with van der Waals surface area (Å²) < 4.78 is 15.5. The number of rotatable bonds is 6. The van der Waals surface area contributed by atoms with Crippen LogP contribution in [-0.4, -0.2) is 121 Å². The summed E-state index contributed by atoms with van der Waals surface area (Å²) in [6.45, 7) is 8.69. The molecule has 5 amide bonds. The van der Waals surface area contributed by atoms with E-state index in [0.29, 0.717) is 61.5 Å². The molecule has 9 rings (SSSR count). The van der Waals surface area contributed by atoms with Crippen molar-refractivity contribution in [2.75, 3.05) is 73.6 Å². The zero-order chi connectivity index (χ0) is 41.2. The summed E-state index contributed by atoms with van der Waals surface area (Å²) in [5, 5.41) is 12.0. The number of carbonyl (C=O) groups excluding carboxylic acids is 5. The zero-order valence-electron chi connectivity index (χ0n) is 33.0. The van der Waals surface area contributed by atoms with E-state index in [2.05, 4.69) is 45.1 Å². The number of piperidine rings is 2. The minimum absolute atomic E-state index is 0.00884. The van der Waals surface area contributed by atoms with Crippen molar-refractivity contribution in [3.8, 4) is 6.07 Å². The Morgan fingerprint density at radius 1 is 0.864 bits per heavy atom. The summed E-state index contributed by atoms with van der Waals surface area (Å²) in [5.41, 5.74) is 3.80. The van der Waals surface area contributed by atoms with Crippen LogP contribution in [0.1, 0.15) is 82.1 Å². The predicted molar refractivity (Wildman–Crippen MR) is 219 cm³/mol. The van der Waals surface area contributed by atoms with Crippen molar-refractivity contribution in [3.05, 3.63) is 87.7 Å². The molecule has 59 heavy (non-hydrogen) atoms. The van der Waals surface area contributed by atoms with Crippen LogP contribution < -0.4 is 20.0 Å². The summed E-state index contributed by atoms with van der Waals surface area (Å²) in [6, 6.07) is 17.8. The van der Waals surface area contributed by atoms with E-state index in [9.17, 15) is 29.2 Å². The third kappa shape index (κ3) is 7.08. The Morgan fingerprint density at radius 3 is 2.24 bits per heavy atom. The van der Waals surface area contributed by atoms with Gasteiger partial charge >= 0.3 is 0 Å². The molecule has 1 spiro atoms. The Hall–Kier alpha value is -5.52. The van der Waals surface area contributed by atoms with Gasteiger partial charge in [-0.15, -0.1) is 0 Å². The van der Waals surface area contributed by atoms with Crippen molar-refractivity contribution in [3.63, 3.8) is 0 Å². The molecule has 6 aliphatic rings. The number of imide groups is 2. The number of benzene rings is 3. The lowest BCUT2D eigenvalue weighted by Gasteiger charge is -2.40. The first-order chi connectivity index (χ1) is 28.4. The Labute approximate surface area is 347 Å². The van der Waals surface area contributed by atoms with E-state index < -0.39 is 35.5 Å². The first kappa shape index (κ1) is 39.0. The van der Waals surface area contributed by atoms with E-state index in [-0.39, 0.29) is 47.0 Å². The van der Waals surface area contributed by atoms with E-state index in [1.54, 1.807) is 6.07 Å². The number of carbonyl (C=O) groups is 5. The fraction of sp³-hybridized carbons (Fsp3) is 0.455. The van der Waals surface area contributed by atoms with Gasteiger partial charge in [0.2, 0.25) is 11.8 Å². The van der Waals surface area contributed by atoms with Crippen molar-refractivity contribution < 1.29 is 28.4 Å². The van der Waals surface area contributed by atoms with Gasteiger partial charge in [0.05, 0.1) is 27.4 Å². The van der Waals surface area contributed by atoms with E-state index in [1.165, 1.54) is 6.07 Å². The van der Waals surface area contributed by atoms with E-state index >= 15 is 4.39 Å². The summed E-state index contributed by atoms with van der Waals surface area (Å²) >= 11 is 6.37. The molecule has 0 saturated carbocycles. The number of anilines is 3. The quantitative estimate of drug-likeness (QED) is 0.349. The summed E-state index contributed by atoms with van der Waals surface area (Å²) in [4.78, 5) is 76.0. The van der Waals surface area contributed by atoms with Crippen molar-refractivity contribution in [2.24, 2.45) is 5.41 Å². The van der Waals surface area contributed by atoms with Crippen LogP contribution in [0.4, 0.5) is 21.5 Å². The van der Waals surface area contributed by atoms with Crippen LogP contribution in [0.5, 0.6) is 0 Å². The number of amides is 5. The van der Waals surface area contributed by atoms with Crippen molar-refractivity contribution in [1.82, 2.24) is 20.0 Å². The SMILES string of the molecule is C[C@H]1CC2(CCN(c3ccc(C(=O)N4CCC(N5CCN(c6cc7c(cc6F)C(=O)N(C6CCC(=O)NC6=O)C7=O)CC5)C4)cc3)CC2)CN1c1ccc(C#N)c(Cl)c1. The van der Waals surface area contributed by atoms with Crippen molar-refractivity contribution in [1.29, 1.82) is 5.26 Å². The predicted octanol–water partition coefficient (Wildman–Crippen LogP) is 4.67. The number of piperazine rings is 1. The molecule has 6 aliphatic heterocycles. The molecule has 2 unspecified atom stereocenters. The Morgan fingerprint density at radius 2 is 1.56 bits per heavy atom. The Kier molecular flexibility index (Phi) is 10.1. The van der Waals surface area contributed by atoms with Gasteiger partial charge in [0, 0.05) is 94.3 Å². The lowest BCUT2D eigenvalue weighted by molar-refractivity contribution is -0.136. The maximum Gasteiger partial charge on any atom is 0.262 e. The summed E-state index contributed by atoms with van der Waals surface area (Å²) in [5.74, 6) is -3.16. The lowest BCUT2D eigenvalue weighted by atomic mass is 9.76. The van der Waals surface area contributed by atoms with Gasteiger partial charge in [-0.2, -0.15) is 5.26 Å². The number of hydrogen-bond donors (Lipinski definition) is 1. The molecule has 3 aromatic carbocycles. The van der Waals surface area contributed by atoms with Crippen LogP contribution in [0.2, 0.25) is 5.02 Å². The number of nitrogens with one attached hydrogen (secondary N) is 1. The van der Waals surface area contributed by atoms with Gasteiger partial charge < -0.3 is 19.6 Å². The number of fused-ring (bicyclic) bond motifs is 1. The molecule has 3 aromatic rings. The van der Waals surface area contributed by atoms with Crippen LogP contribution in [0, 0.1) is 22.6 Å². The fourth-order valence-electron chi connectivity index (χ4n) is 10.3. The Balaban J connectivity index is 0.764. The van der Waals surface area contributed by atoms with Gasteiger partial charge in [-0.1, -0.05) is 11.6 Å². The third-order valence-electron chi connectivity index (χ3n) is 13.6. The molecular formula is C44H46ClFN8O5. The van der Waals surface area contributed by atoms with Gasteiger partial charge in [-0.05, 0) is 99.0 Å². The minimum atomic E-state index is -1.11. The van der Waals surface area contributed by atoms with E-state index in [4.69, 9.17) is 11.6 Å².